The molecule has 0 saturated carbocycles. The molecule has 0 saturated heterocycles. The number of nitrogens with one attached hydrogen (secondary N) is 3. The van der Waals surface area contributed by atoms with E-state index in [0.717, 1.165) is 4.88 Å². The van der Waals surface area contributed by atoms with E-state index in [1.165, 1.54) is 23.7 Å². The Bertz CT molecular complexity index is 617. The SMILES string of the molecule is CC(C)NCc1ccc(S(=O)(=O)Nc2cn[nH]c2)s1. The molecule has 8 heteroatoms. The van der Waals surface area contributed by atoms with E-state index in [9.17, 15) is 8.42 Å². The van der Waals surface area contributed by atoms with Gasteiger partial charge in [0.1, 0.15) is 4.21 Å². The minimum atomic E-state index is -3.52. The number of anilines is 1. The van der Waals surface area contributed by atoms with Gasteiger partial charge in [-0.15, -0.1) is 11.3 Å². The molecule has 0 radical (unpaired) electrons. The van der Waals surface area contributed by atoms with Gasteiger partial charge in [-0.1, -0.05) is 13.8 Å². The highest BCUT2D eigenvalue weighted by atomic mass is 32.2. The number of sulfonamides is 1. The molecule has 6 nitrogen and oxygen atoms in total. The Balaban J connectivity index is 2.08. The lowest BCUT2D eigenvalue weighted by Crippen LogP contribution is -2.21. The van der Waals surface area contributed by atoms with E-state index in [4.69, 9.17) is 0 Å². The van der Waals surface area contributed by atoms with E-state index in [1.807, 2.05) is 19.9 Å². The summed E-state index contributed by atoms with van der Waals surface area (Å²) in [5.74, 6) is 0. The minimum absolute atomic E-state index is 0.300. The lowest BCUT2D eigenvalue weighted by atomic mass is 10.4. The third kappa shape index (κ3) is 3.79. The van der Waals surface area contributed by atoms with Gasteiger partial charge in [0.05, 0.1) is 11.9 Å². The standard InChI is InChI=1S/C11H16N4O2S2/c1-8(2)12-7-10-3-4-11(18-10)19(16,17)15-9-5-13-14-6-9/h3-6,8,12,15H,7H2,1-2H3,(H,13,14). The molecule has 0 atom stereocenters. The molecule has 2 aromatic rings. The van der Waals surface area contributed by atoms with E-state index in [2.05, 4.69) is 20.2 Å². The van der Waals surface area contributed by atoms with E-state index in [-0.39, 0.29) is 0 Å². The van der Waals surface area contributed by atoms with Crippen LogP contribution in [0.1, 0.15) is 18.7 Å². The van der Waals surface area contributed by atoms with Crippen LogP contribution < -0.4 is 10.0 Å². The summed E-state index contributed by atoms with van der Waals surface area (Å²) in [6, 6.07) is 3.81. The summed E-state index contributed by atoms with van der Waals surface area (Å²) in [7, 11) is -3.52. The topological polar surface area (TPSA) is 86.9 Å². The molecule has 2 heterocycles. The summed E-state index contributed by atoms with van der Waals surface area (Å²) in [5, 5.41) is 9.51. The molecule has 0 bridgehead atoms. The molecule has 0 spiro atoms. The minimum Gasteiger partial charge on any atom is -0.310 e. The van der Waals surface area contributed by atoms with Crippen LogP contribution in [-0.4, -0.2) is 24.7 Å². The maximum absolute atomic E-state index is 12.1. The fourth-order valence-corrected chi connectivity index (χ4v) is 3.76. The first-order valence-electron chi connectivity index (χ1n) is 5.81. The molecule has 104 valence electrons. The van der Waals surface area contributed by atoms with Gasteiger partial charge < -0.3 is 5.32 Å². The predicted octanol–water partition coefficient (Wildman–Crippen LogP) is 1.77. The Labute approximate surface area is 116 Å². The van der Waals surface area contributed by atoms with Gasteiger partial charge in [-0.3, -0.25) is 9.82 Å². The van der Waals surface area contributed by atoms with Gasteiger partial charge in [0, 0.05) is 23.7 Å². The number of nitrogens with zero attached hydrogens (tertiary/aromatic N) is 1. The van der Waals surface area contributed by atoms with Gasteiger partial charge in [-0.05, 0) is 12.1 Å². The first kappa shape index (κ1) is 14.0. The molecular formula is C11H16N4O2S2. The highest BCUT2D eigenvalue weighted by Gasteiger charge is 2.17. The van der Waals surface area contributed by atoms with Crippen molar-refractivity contribution in [3.05, 3.63) is 29.4 Å². The Morgan fingerprint density at radius 2 is 2.21 bits per heavy atom. The van der Waals surface area contributed by atoms with Crippen molar-refractivity contribution < 1.29 is 8.42 Å². The summed E-state index contributed by atoms with van der Waals surface area (Å²) >= 11 is 1.26. The third-order valence-corrected chi connectivity index (χ3v) is 5.30. The number of aromatic nitrogens is 2. The van der Waals surface area contributed by atoms with E-state index >= 15 is 0 Å². The molecule has 2 aromatic heterocycles. The summed E-state index contributed by atoms with van der Waals surface area (Å²) in [6.45, 7) is 4.76. The van der Waals surface area contributed by atoms with Gasteiger partial charge in [0.25, 0.3) is 10.0 Å². The van der Waals surface area contributed by atoms with Crippen LogP contribution in [0.5, 0.6) is 0 Å². The number of H-pyrrole nitrogens is 1. The lowest BCUT2D eigenvalue weighted by Gasteiger charge is -2.05. The van der Waals surface area contributed by atoms with Crippen molar-refractivity contribution in [1.82, 2.24) is 15.5 Å². The highest BCUT2D eigenvalue weighted by molar-refractivity contribution is 7.94. The highest BCUT2D eigenvalue weighted by Crippen LogP contribution is 2.23. The van der Waals surface area contributed by atoms with Crippen LogP contribution in [0.3, 0.4) is 0 Å². The summed E-state index contributed by atoms with van der Waals surface area (Å²) < 4.78 is 26.9. The molecule has 0 aromatic carbocycles. The zero-order valence-corrected chi connectivity index (χ0v) is 12.3. The monoisotopic (exact) mass is 300 g/mol. The number of aromatic amines is 1. The molecule has 0 aliphatic carbocycles. The second-order valence-electron chi connectivity index (χ2n) is 4.35. The Morgan fingerprint density at radius 3 is 2.84 bits per heavy atom. The number of hydrogen-bond donors (Lipinski definition) is 3. The molecule has 0 fully saturated rings. The van der Waals surface area contributed by atoms with E-state index in [0.29, 0.717) is 22.5 Å². The quantitative estimate of drug-likeness (QED) is 0.759. The van der Waals surface area contributed by atoms with Crippen molar-refractivity contribution in [3.8, 4) is 0 Å². The lowest BCUT2D eigenvalue weighted by molar-refractivity contribution is 0.593. The molecule has 19 heavy (non-hydrogen) atoms. The molecule has 2 rings (SSSR count). The maximum Gasteiger partial charge on any atom is 0.271 e. The Hall–Kier alpha value is -1.38. The van der Waals surface area contributed by atoms with Crippen LogP contribution in [0.25, 0.3) is 0 Å². The van der Waals surface area contributed by atoms with Gasteiger partial charge in [-0.25, -0.2) is 8.42 Å². The molecule has 0 unspecified atom stereocenters. The second-order valence-corrected chi connectivity index (χ2v) is 7.43. The largest absolute Gasteiger partial charge is 0.310 e. The van der Waals surface area contributed by atoms with Crippen LogP contribution in [0.2, 0.25) is 0 Å². The molecule has 0 aliphatic heterocycles. The average Bonchev–Trinajstić information content (AvgIpc) is 2.96. The normalized spacial score (nSPS) is 11.9. The predicted molar refractivity (Wildman–Crippen MR) is 75.7 cm³/mol. The van der Waals surface area contributed by atoms with Crippen molar-refractivity contribution in [2.75, 3.05) is 4.72 Å². The first-order chi connectivity index (χ1) is 8.97. The third-order valence-electron chi connectivity index (χ3n) is 2.34. The van der Waals surface area contributed by atoms with Crippen molar-refractivity contribution in [2.45, 2.75) is 30.6 Å². The van der Waals surface area contributed by atoms with Crippen LogP contribution in [0, 0.1) is 0 Å². The van der Waals surface area contributed by atoms with Crippen molar-refractivity contribution in [3.63, 3.8) is 0 Å². The Kier molecular flexibility index (Phi) is 4.23. The van der Waals surface area contributed by atoms with Crippen LogP contribution in [-0.2, 0) is 16.6 Å². The average molecular weight is 300 g/mol. The zero-order valence-electron chi connectivity index (χ0n) is 10.7. The zero-order chi connectivity index (χ0) is 13.9. The summed E-state index contributed by atoms with van der Waals surface area (Å²) in [4.78, 5) is 0.987. The summed E-state index contributed by atoms with van der Waals surface area (Å²) in [5.41, 5.74) is 0.426. The van der Waals surface area contributed by atoms with Gasteiger partial charge in [-0.2, -0.15) is 5.10 Å². The number of thiophene rings is 1. The maximum atomic E-state index is 12.1. The fourth-order valence-electron chi connectivity index (χ4n) is 1.41. The summed E-state index contributed by atoms with van der Waals surface area (Å²) in [6.07, 6.45) is 2.92. The van der Waals surface area contributed by atoms with Crippen LogP contribution in [0.15, 0.2) is 28.7 Å². The number of rotatable bonds is 6. The van der Waals surface area contributed by atoms with E-state index in [1.54, 1.807) is 6.07 Å². The molecule has 0 amide bonds. The molecule has 0 aliphatic rings. The second kappa shape index (κ2) is 5.72. The fraction of sp³-hybridized carbons (Fsp3) is 0.364. The number of hydrogen-bond acceptors (Lipinski definition) is 5. The molecular weight excluding hydrogens is 284 g/mol. The first-order valence-corrected chi connectivity index (χ1v) is 8.11. The van der Waals surface area contributed by atoms with Gasteiger partial charge in [0.2, 0.25) is 0 Å². The Morgan fingerprint density at radius 1 is 1.42 bits per heavy atom. The van der Waals surface area contributed by atoms with Crippen molar-refractivity contribution >= 4 is 27.0 Å². The van der Waals surface area contributed by atoms with Crippen LogP contribution in [0.4, 0.5) is 5.69 Å². The van der Waals surface area contributed by atoms with Gasteiger partial charge in [0.15, 0.2) is 0 Å². The van der Waals surface area contributed by atoms with Crippen molar-refractivity contribution in [2.24, 2.45) is 0 Å². The van der Waals surface area contributed by atoms with Crippen molar-refractivity contribution in [1.29, 1.82) is 0 Å². The van der Waals surface area contributed by atoms with Gasteiger partial charge >= 0.3 is 0 Å². The van der Waals surface area contributed by atoms with E-state index < -0.39 is 10.0 Å². The van der Waals surface area contributed by atoms with Crippen LogP contribution >= 0.6 is 11.3 Å². The molecule has 3 N–H and O–H groups in total. The smallest absolute Gasteiger partial charge is 0.271 e.